The number of ether oxygens (including phenoxy) is 2. The van der Waals surface area contributed by atoms with E-state index in [4.69, 9.17) is 15.2 Å². The second-order valence-electron chi connectivity index (χ2n) is 6.71. The first-order chi connectivity index (χ1) is 9.29. The zero-order valence-corrected chi connectivity index (χ0v) is 13.0. The molecule has 4 heteroatoms. The highest BCUT2D eigenvalue weighted by Gasteiger charge is 2.39. The van der Waals surface area contributed by atoms with Crippen molar-refractivity contribution in [2.24, 2.45) is 23.5 Å². The van der Waals surface area contributed by atoms with Crippen molar-refractivity contribution < 1.29 is 14.3 Å². The Hall–Kier alpha value is -0.710. The Bertz CT molecular complexity index is 389. The lowest BCUT2D eigenvalue weighted by atomic mass is 9.93. The first-order valence-corrected chi connectivity index (χ1v) is 7.57. The topological polar surface area (TPSA) is 61.5 Å². The van der Waals surface area contributed by atoms with Gasteiger partial charge in [-0.1, -0.05) is 12.2 Å². The van der Waals surface area contributed by atoms with Crippen molar-refractivity contribution in [2.45, 2.75) is 58.5 Å². The predicted molar refractivity (Wildman–Crippen MR) is 78.1 cm³/mol. The van der Waals surface area contributed by atoms with E-state index in [0.717, 1.165) is 5.92 Å². The van der Waals surface area contributed by atoms with Gasteiger partial charge in [0.1, 0.15) is 17.9 Å². The smallest absolute Gasteiger partial charge is 0.192 e. The van der Waals surface area contributed by atoms with Gasteiger partial charge in [-0.2, -0.15) is 0 Å². The average molecular weight is 281 g/mol. The van der Waals surface area contributed by atoms with E-state index in [2.05, 4.69) is 12.2 Å². The summed E-state index contributed by atoms with van der Waals surface area (Å²) < 4.78 is 11.3. The number of rotatable bonds is 7. The maximum atomic E-state index is 12.3. The molecule has 2 aliphatic rings. The van der Waals surface area contributed by atoms with Gasteiger partial charge in [0, 0.05) is 0 Å². The van der Waals surface area contributed by atoms with Crippen LogP contribution in [0, 0.1) is 17.8 Å². The molecule has 0 saturated heterocycles. The van der Waals surface area contributed by atoms with Crippen molar-refractivity contribution in [3.8, 4) is 0 Å². The van der Waals surface area contributed by atoms with E-state index in [1.54, 1.807) is 13.8 Å². The molecule has 2 N–H and O–H groups in total. The molecule has 0 radical (unpaired) electrons. The Morgan fingerprint density at radius 2 is 2.05 bits per heavy atom. The minimum Gasteiger partial charge on any atom is -0.367 e. The molecule has 0 spiro atoms. The molecule has 20 heavy (non-hydrogen) atoms. The van der Waals surface area contributed by atoms with Crippen LogP contribution in [-0.2, 0) is 14.3 Å². The normalized spacial score (nSPS) is 31.6. The summed E-state index contributed by atoms with van der Waals surface area (Å²) in [5.74, 6) is 1.88. The molecule has 2 aliphatic carbocycles. The van der Waals surface area contributed by atoms with E-state index in [1.807, 2.05) is 13.8 Å². The number of Topliss-reactive ketones (excluding diaryl/α,β-unsaturated/α-hetero) is 1. The van der Waals surface area contributed by atoms with Crippen LogP contribution >= 0.6 is 0 Å². The van der Waals surface area contributed by atoms with Gasteiger partial charge >= 0.3 is 0 Å². The second kappa shape index (κ2) is 5.96. The van der Waals surface area contributed by atoms with Gasteiger partial charge in [0.25, 0.3) is 0 Å². The van der Waals surface area contributed by atoms with Crippen molar-refractivity contribution in [3.63, 3.8) is 0 Å². The van der Waals surface area contributed by atoms with Crippen molar-refractivity contribution in [1.82, 2.24) is 0 Å². The van der Waals surface area contributed by atoms with Crippen molar-refractivity contribution in [2.75, 3.05) is 6.61 Å². The summed E-state index contributed by atoms with van der Waals surface area (Å²) in [4.78, 5) is 12.3. The lowest BCUT2D eigenvalue weighted by molar-refractivity contribution is -0.156. The number of hydrogen-bond donors (Lipinski definition) is 1. The molecule has 4 nitrogen and oxygen atoms in total. The maximum Gasteiger partial charge on any atom is 0.192 e. The molecule has 5 unspecified atom stereocenters. The van der Waals surface area contributed by atoms with Crippen LogP contribution in [0.15, 0.2) is 12.2 Å². The Balaban J connectivity index is 1.84. The molecule has 2 bridgehead atoms. The second-order valence-corrected chi connectivity index (χ2v) is 6.71. The highest BCUT2D eigenvalue weighted by atomic mass is 16.5. The molecular weight excluding hydrogens is 254 g/mol. The van der Waals surface area contributed by atoms with E-state index >= 15 is 0 Å². The van der Waals surface area contributed by atoms with Crippen molar-refractivity contribution >= 4 is 5.78 Å². The molecule has 1 saturated carbocycles. The fourth-order valence-electron chi connectivity index (χ4n) is 3.35. The number of hydrogen-bond acceptors (Lipinski definition) is 4. The molecule has 0 aromatic heterocycles. The van der Waals surface area contributed by atoms with Crippen LogP contribution in [0.5, 0.6) is 0 Å². The van der Waals surface area contributed by atoms with E-state index < -0.39 is 17.9 Å². The Morgan fingerprint density at radius 1 is 1.35 bits per heavy atom. The predicted octanol–water partition coefficient (Wildman–Crippen LogP) is 2.27. The molecule has 0 aliphatic heterocycles. The summed E-state index contributed by atoms with van der Waals surface area (Å²) in [6, 6.07) is 0. The summed E-state index contributed by atoms with van der Waals surface area (Å²) in [6.07, 6.45) is 6.09. The third kappa shape index (κ3) is 3.48. The third-order valence-corrected chi connectivity index (χ3v) is 4.46. The summed E-state index contributed by atoms with van der Waals surface area (Å²) >= 11 is 0. The molecule has 0 heterocycles. The van der Waals surface area contributed by atoms with Crippen LogP contribution in [0.25, 0.3) is 0 Å². The largest absolute Gasteiger partial charge is 0.367 e. The standard InChI is InChI=1S/C16H27NO3/c1-10(20-11(2)17)15(18)16(3,4)19-9-14-8-12-5-6-13(14)7-12/h5-6,10-14H,7-9,17H2,1-4H3. The fraction of sp³-hybridized carbons (Fsp3) is 0.812. The summed E-state index contributed by atoms with van der Waals surface area (Å²) in [6.45, 7) is 7.74. The molecule has 114 valence electrons. The van der Waals surface area contributed by atoms with E-state index in [0.29, 0.717) is 18.4 Å². The quantitative estimate of drug-likeness (QED) is 0.574. The zero-order chi connectivity index (χ0) is 14.9. The van der Waals surface area contributed by atoms with Gasteiger partial charge in [-0.15, -0.1) is 0 Å². The number of ketones is 1. The van der Waals surface area contributed by atoms with Gasteiger partial charge in [-0.25, -0.2) is 0 Å². The maximum absolute atomic E-state index is 12.3. The molecule has 0 aromatic carbocycles. The lowest BCUT2D eigenvalue weighted by Crippen LogP contribution is -2.45. The number of carbonyl (C=O) groups excluding carboxylic acids is 1. The first-order valence-electron chi connectivity index (χ1n) is 7.57. The highest BCUT2D eigenvalue weighted by Crippen LogP contribution is 2.43. The van der Waals surface area contributed by atoms with E-state index in [-0.39, 0.29) is 5.78 Å². The minimum absolute atomic E-state index is 0.0477. The van der Waals surface area contributed by atoms with Crippen LogP contribution in [0.3, 0.4) is 0 Å². The van der Waals surface area contributed by atoms with E-state index in [1.165, 1.54) is 12.8 Å². The van der Waals surface area contributed by atoms with Gasteiger partial charge in [-0.3, -0.25) is 4.79 Å². The number of nitrogens with two attached hydrogens (primary N) is 1. The highest BCUT2D eigenvalue weighted by molar-refractivity contribution is 5.90. The third-order valence-electron chi connectivity index (χ3n) is 4.46. The molecule has 2 rings (SSSR count). The van der Waals surface area contributed by atoms with Crippen LogP contribution < -0.4 is 5.73 Å². The van der Waals surface area contributed by atoms with Gasteiger partial charge in [0.05, 0.1) is 6.61 Å². The van der Waals surface area contributed by atoms with E-state index in [9.17, 15) is 4.79 Å². The fourth-order valence-corrected chi connectivity index (χ4v) is 3.35. The summed E-state index contributed by atoms with van der Waals surface area (Å²) in [5.41, 5.74) is 4.75. The summed E-state index contributed by atoms with van der Waals surface area (Å²) in [5, 5.41) is 0. The first kappa shape index (κ1) is 15.7. The molecular formula is C16H27NO3. The number of fused-ring (bicyclic) bond motifs is 2. The minimum atomic E-state index is -0.820. The molecule has 0 amide bonds. The summed E-state index contributed by atoms with van der Waals surface area (Å²) in [7, 11) is 0. The van der Waals surface area contributed by atoms with Crippen LogP contribution in [0.1, 0.15) is 40.5 Å². The zero-order valence-electron chi connectivity index (χ0n) is 13.0. The van der Waals surface area contributed by atoms with Crippen LogP contribution in [0.2, 0.25) is 0 Å². The van der Waals surface area contributed by atoms with Crippen LogP contribution in [-0.4, -0.2) is 30.3 Å². The lowest BCUT2D eigenvalue weighted by Gasteiger charge is -2.30. The Labute approximate surface area is 121 Å². The molecule has 1 fully saturated rings. The van der Waals surface area contributed by atoms with Gasteiger partial charge < -0.3 is 15.2 Å². The van der Waals surface area contributed by atoms with Gasteiger partial charge in [0.15, 0.2) is 5.78 Å². The Kier molecular flexibility index (Phi) is 4.67. The Morgan fingerprint density at radius 3 is 2.55 bits per heavy atom. The van der Waals surface area contributed by atoms with Crippen LogP contribution in [0.4, 0.5) is 0 Å². The average Bonchev–Trinajstić information content (AvgIpc) is 2.96. The molecule has 0 aromatic rings. The van der Waals surface area contributed by atoms with Crippen molar-refractivity contribution in [1.29, 1.82) is 0 Å². The number of allylic oxidation sites excluding steroid dienone is 2. The SMILES string of the molecule is CC(N)OC(C)C(=O)C(C)(C)OCC1CC2C=CC1C2. The monoisotopic (exact) mass is 281 g/mol. The van der Waals surface area contributed by atoms with Gasteiger partial charge in [-0.05, 0) is 58.3 Å². The number of carbonyl (C=O) groups is 1. The van der Waals surface area contributed by atoms with Gasteiger partial charge in [0.2, 0.25) is 0 Å². The van der Waals surface area contributed by atoms with Crippen molar-refractivity contribution in [3.05, 3.63) is 12.2 Å². The molecule has 5 atom stereocenters.